The molecule has 0 aliphatic heterocycles. The van der Waals surface area contributed by atoms with Crippen LogP contribution in [0, 0.1) is 0 Å². The first-order chi connectivity index (χ1) is 12.1. The van der Waals surface area contributed by atoms with E-state index < -0.39 is 15.1 Å². The molecule has 0 saturated heterocycles. The number of rotatable bonds is 6. The Hall–Kier alpha value is -2.51. The maximum absolute atomic E-state index is 13.0. The Balaban J connectivity index is 1.87. The highest BCUT2D eigenvalue weighted by Crippen LogP contribution is 2.31. The van der Waals surface area contributed by atoms with E-state index >= 15 is 0 Å². The number of thiophene rings is 1. The molecule has 7 heteroatoms. The normalized spacial score (nSPS) is 12.5. The summed E-state index contributed by atoms with van der Waals surface area (Å²) in [5, 5.41) is 3.60. The molecule has 0 aliphatic carbocycles. The monoisotopic (exact) mass is 372 g/mol. The van der Waals surface area contributed by atoms with Gasteiger partial charge >= 0.3 is 0 Å². The van der Waals surface area contributed by atoms with Gasteiger partial charge in [-0.3, -0.25) is 9.78 Å². The third kappa shape index (κ3) is 3.94. The molecule has 0 spiro atoms. The highest BCUT2D eigenvalue weighted by atomic mass is 32.2. The SMILES string of the molecule is O=C(NC[C@H](c1ccccc1)S(=O)(=O)c1cccs1)c1ccncc1. The van der Waals surface area contributed by atoms with Gasteiger partial charge in [0.1, 0.15) is 9.46 Å². The number of hydrogen-bond donors (Lipinski definition) is 1. The molecule has 0 fully saturated rings. The van der Waals surface area contributed by atoms with Crippen molar-refractivity contribution in [2.24, 2.45) is 0 Å². The maximum atomic E-state index is 13.0. The number of benzene rings is 1. The Morgan fingerprint density at radius 3 is 2.40 bits per heavy atom. The van der Waals surface area contributed by atoms with Gasteiger partial charge in [-0.15, -0.1) is 11.3 Å². The van der Waals surface area contributed by atoms with Crippen LogP contribution in [0.2, 0.25) is 0 Å². The van der Waals surface area contributed by atoms with Crippen LogP contribution in [0.15, 0.2) is 76.6 Å². The molecule has 1 N–H and O–H groups in total. The molecule has 0 saturated carbocycles. The van der Waals surface area contributed by atoms with Gasteiger partial charge in [-0.25, -0.2) is 8.42 Å². The highest BCUT2D eigenvalue weighted by Gasteiger charge is 2.30. The van der Waals surface area contributed by atoms with E-state index in [1.807, 2.05) is 6.07 Å². The number of pyridine rings is 1. The summed E-state index contributed by atoms with van der Waals surface area (Å²) in [5.74, 6) is -0.329. The van der Waals surface area contributed by atoms with E-state index in [4.69, 9.17) is 0 Å². The van der Waals surface area contributed by atoms with Gasteiger partial charge in [0, 0.05) is 24.5 Å². The topological polar surface area (TPSA) is 76.1 Å². The number of sulfone groups is 1. The molecule has 0 radical (unpaired) electrons. The fraction of sp³-hybridized carbons (Fsp3) is 0.111. The largest absolute Gasteiger partial charge is 0.350 e. The van der Waals surface area contributed by atoms with Crippen LogP contribution in [-0.4, -0.2) is 25.9 Å². The van der Waals surface area contributed by atoms with E-state index in [0.29, 0.717) is 15.3 Å². The summed E-state index contributed by atoms with van der Waals surface area (Å²) >= 11 is 1.17. The van der Waals surface area contributed by atoms with Crippen molar-refractivity contribution < 1.29 is 13.2 Å². The van der Waals surface area contributed by atoms with E-state index in [2.05, 4.69) is 10.3 Å². The third-order valence-corrected chi connectivity index (χ3v) is 7.24. The molecule has 1 aromatic carbocycles. The molecule has 0 aliphatic rings. The smallest absolute Gasteiger partial charge is 0.251 e. The van der Waals surface area contributed by atoms with Crippen molar-refractivity contribution in [3.8, 4) is 0 Å². The van der Waals surface area contributed by atoms with Gasteiger partial charge in [0.25, 0.3) is 5.91 Å². The Morgan fingerprint density at radius 1 is 1.04 bits per heavy atom. The van der Waals surface area contributed by atoms with Crippen LogP contribution in [0.3, 0.4) is 0 Å². The summed E-state index contributed by atoms with van der Waals surface area (Å²) in [4.78, 5) is 16.1. The Labute approximate surface area is 150 Å². The van der Waals surface area contributed by atoms with Crippen LogP contribution in [0.25, 0.3) is 0 Å². The van der Waals surface area contributed by atoms with Crippen LogP contribution in [0.5, 0.6) is 0 Å². The third-order valence-electron chi connectivity index (χ3n) is 3.71. The zero-order chi connectivity index (χ0) is 17.7. The van der Waals surface area contributed by atoms with Crippen LogP contribution in [0.1, 0.15) is 21.2 Å². The molecule has 3 rings (SSSR count). The van der Waals surface area contributed by atoms with E-state index in [0.717, 1.165) is 0 Å². The summed E-state index contributed by atoms with van der Waals surface area (Å²) < 4.78 is 26.3. The molecule has 3 aromatic rings. The maximum Gasteiger partial charge on any atom is 0.251 e. The highest BCUT2D eigenvalue weighted by molar-refractivity contribution is 7.93. The lowest BCUT2D eigenvalue weighted by molar-refractivity contribution is 0.0953. The second kappa shape index (κ2) is 7.58. The Kier molecular flexibility index (Phi) is 5.25. The predicted octanol–water partition coefficient (Wildman–Crippen LogP) is 3.09. The number of nitrogens with zero attached hydrogens (tertiary/aromatic N) is 1. The van der Waals surface area contributed by atoms with E-state index in [1.54, 1.807) is 53.9 Å². The standard InChI is InChI=1S/C18H16N2O3S2/c21-18(15-8-10-19-11-9-15)20-13-16(14-5-2-1-3-6-14)25(22,23)17-7-4-12-24-17/h1-12,16H,13H2,(H,20,21)/t16-/m1/s1. The fourth-order valence-electron chi connectivity index (χ4n) is 2.43. The second-order valence-electron chi connectivity index (χ2n) is 5.32. The fourth-order valence-corrected chi connectivity index (χ4v) is 5.30. The molecule has 1 amide bonds. The Morgan fingerprint density at radius 2 is 1.76 bits per heavy atom. The molecule has 5 nitrogen and oxygen atoms in total. The zero-order valence-electron chi connectivity index (χ0n) is 13.2. The van der Waals surface area contributed by atoms with Crippen molar-refractivity contribution in [2.45, 2.75) is 9.46 Å². The first kappa shape index (κ1) is 17.3. The molecule has 1 atom stereocenters. The van der Waals surface area contributed by atoms with E-state index in [-0.39, 0.29) is 12.5 Å². The number of aromatic nitrogens is 1. The van der Waals surface area contributed by atoms with Crippen molar-refractivity contribution in [1.29, 1.82) is 0 Å². The molecule has 0 bridgehead atoms. The molecule has 25 heavy (non-hydrogen) atoms. The van der Waals surface area contributed by atoms with Gasteiger partial charge in [0.2, 0.25) is 0 Å². The molecule has 128 valence electrons. The number of amides is 1. The molecular weight excluding hydrogens is 356 g/mol. The lowest BCUT2D eigenvalue weighted by Gasteiger charge is -2.18. The lowest BCUT2D eigenvalue weighted by Crippen LogP contribution is -2.31. The zero-order valence-corrected chi connectivity index (χ0v) is 14.8. The molecule has 2 aromatic heterocycles. The van der Waals surface area contributed by atoms with Crippen molar-refractivity contribution in [3.63, 3.8) is 0 Å². The summed E-state index contributed by atoms with van der Waals surface area (Å²) in [6.07, 6.45) is 3.04. The number of nitrogens with one attached hydrogen (secondary N) is 1. The molecule has 2 heterocycles. The first-order valence-electron chi connectivity index (χ1n) is 7.59. The minimum atomic E-state index is -3.60. The van der Waals surface area contributed by atoms with Crippen molar-refractivity contribution in [2.75, 3.05) is 6.54 Å². The Bertz CT molecular complexity index is 925. The van der Waals surface area contributed by atoms with Gasteiger partial charge in [-0.05, 0) is 29.1 Å². The minimum Gasteiger partial charge on any atom is -0.350 e. The summed E-state index contributed by atoms with van der Waals surface area (Å²) in [6, 6.07) is 15.4. The predicted molar refractivity (Wildman–Crippen MR) is 97.3 cm³/mol. The number of hydrogen-bond acceptors (Lipinski definition) is 5. The minimum absolute atomic E-state index is 0.00853. The van der Waals surface area contributed by atoms with Crippen molar-refractivity contribution in [1.82, 2.24) is 10.3 Å². The summed E-state index contributed by atoms with van der Waals surface area (Å²) in [5.41, 5.74) is 1.08. The van der Waals surface area contributed by atoms with E-state index in [9.17, 15) is 13.2 Å². The average molecular weight is 372 g/mol. The van der Waals surface area contributed by atoms with Gasteiger partial charge in [0.15, 0.2) is 9.84 Å². The van der Waals surface area contributed by atoms with Gasteiger partial charge < -0.3 is 5.32 Å². The average Bonchev–Trinajstić information content (AvgIpc) is 3.19. The molecule has 0 unspecified atom stereocenters. The summed E-state index contributed by atoms with van der Waals surface area (Å²) in [7, 11) is -3.60. The quantitative estimate of drug-likeness (QED) is 0.721. The first-order valence-corrected chi connectivity index (χ1v) is 10.0. The number of carbonyl (C=O) groups excluding carboxylic acids is 1. The van der Waals surface area contributed by atoms with Crippen molar-refractivity contribution >= 4 is 27.1 Å². The van der Waals surface area contributed by atoms with Crippen LogP contribution < -0.4 is 5.32 Å². The van der Waals surface area contributed by atoms with E-state index in [1.165, 1.54) is 23.7 Å². The lowest BCUT2D eigenvalue weighted by atomic mass is 10.1. The molecular formula is C18H16N2O3S2. The van der Waals surface area contributed by atoms with Gasteiger partial charge in [0.05, 0.1) is 0 Å². The van der Waals surface area contributed by atoms with Gasteiger partial charge in [-0.1, -0.05) is 36.4 Å². The van der Waals surface area contributed by atoms with Crippen LogP contribution in [-0.2, 0) is 9.84 Å². The van der Waals surface area contributed by atoms with Crippen LogP contribution in [0.4, 0.5) is 0 Å². The second-order valence-corrected chi connectivity index (χ2v) is 8.63. The number of carbonyl (C=O) groups is 1. The summed E-state index contributed by atoms with van der Waals surface area (Å²) in [6.45, 7) is -0.00853. The van der Waals surface area contributed by atoms with Gasteiger partial charge in [-0.2, -0.15) is 0 Å². The van der Waals surface area contributed by atoms with Crippen LogP contribution >= 0.6 is 11.3 Å². The van der Waals surface area contributed by atoms with Crippen molar-refractivity contribution in [3.05, 3.63) is 83.5 Å².